The predicted molar refractivity (Wildman–Crippen MR) is 88.0 cm³/mol. The zero-order valence-electron chi connectivity index (χ0n) is 13.4. The number of hydrogen-bond acceptors (Lipinski definition) is 3. The summed E-state index contributed by atoms with van der Waals surface area (Å²) in [6.45, 7) is 3.61. The summed E-state index contributed by atoms with van der Waals surface area (Å²) < 4.78 is 0. The average Bonchev–Trinajstić information content (AvgIpc) is 3.16. The maximum Gasteiger partial charge on any atom is 0.263 e. The fourth-order valence-electron chi connectivity index (χ4n) is 4.36. The van der Waals surface area contributed by atoms with Gasteiger partial charge >= 0.3 is 0 Å². The van der Waals surface area contributed by atoms with Gasteiger partial charge < -0.3 is 9.80 Å². The highest BCUT2D eigenvalue weighted by atomic mass is 32.1. The fraction of sp³-hybridized carbons (Fsp3) is 0.647. The molecule has 0 N–H and O–H groups in total. The Morgan fingerprint density at radius 2 is 2.32 bits per heavy atom. The van der Waals surface area contributed by atoms with Crippen LogP contribution in [-0.2, 0) is 4.79 Å². The summed E-state index contributed by atoms with van der Waals surface area (Å²) >= 11 is 1.49. The molecule has 0 unspecified atom stereocenters. The minimum absolute atomic E-state index is 0.103. The van der Waals surface area contributed by atoms with E-state index in [1.54, 1.807) is 0 Å². The first-order chi connectivity index (χ1) is 10.6. The average molecular weight is 320 g/mol. The van der Waals surface area contributed by atoms with Crippen molar-refractivity contribution in [3.8, 4) is 0 Å². The number of carbonyl (C=O) groups excluding carboxylic acids is 2. The van der Waals surface area contributed by atoms with E-state index in [2.05, 4.69) is 11.8 Å². The monoisotopic (exact) mass is 320 g/mol. The van der Waals surface area contributed by atoms with Crippen LogP contribution in [0.25, 0.3) is 0 Å². The Kier molecular flexibility index (Phi) is 4.26. The number of piperidine rings is 1. The minimum atomic E-state index is 0.103. The van der Waals surface area contributed by atoms with Crippen molar-refractivity contribution in [2.24, 2.45) is 5.41 Å². The summed E-state index contributed by atoms with van der Waals surface area (Å²) in [5.74, 6) is 0.396. The molecule has 4 nitrogen and oxygen atoms in total. The zero-order valence-corrected chi connectivity index (χ0v) is 14.2. The second-order valence-electron chi connectivity index (χ2n) is 6.59. The molecule has 0 aromatic carbocycles. The van der Waals surface area contributed by atoms with Crippen LogP contribution >= 0.6 is 11.3 Å². The van der Waals surface area contributed by atoms with E-state index in [0.29, 0.717) is 12.5 Å². The quantitative estimate of drug-likeness (QED) is 0.855. The lowest BCUT2D eigenvalue weighted by Crippen LogP contribution is -2.56. The molecule has 1 aliphatic carbocycles. The summed E-state index contributed by atoms with van der Waals surface area (Å²) in [6.07, 6.45) is 4.93. The summed E-state index contributed by atoms with van der Waals surface area (Å²) in [7, 11) is 1.90. The number of hydrogen-bond donors (Lipinski definition) is 0. The van der Waals surface area contributed by atoms with Crippen LogP contribution in [-0.4, -0.2) is 47.8 Å². The van der Waals surface area contributed by atoms with Crippen LogP contribution in [0.2, 0.25) is 0 Å². The normalized spacial score (nSPS) is 27.8. The third kappa shape index (κ3) is 2.56. The molecule has 0 radical (unpaired) electrons. The van der Waals surface area contributed by atoms with Gasteiger partial charge in [-0.05, 0) is 37.6 Å². The van der Waals surface area contributed by atoms with Crippen LogP contribution in [0.1, 0.15) is 48.7 Å². The third-order valence-electron chi connectivity index (χ3n) is 5.36. The first kappa shape index (κ1) is 15.5. The van der Waals surface area contributed by atoms with Crippen LogP contribution in [0.4, 0.5) is 0 Å². The van der Waals surface area contributed by atoms with Gasteiger partial charge in [-0.15, -0.1) is 11.3 Å². The number of fused-ring (bicyclic) bond motifs is 1. The maximum atomic E-state index is 12.5. The van der Waals surface area contributed by atoms with Crippen molar-refractivity contribution in [2.75, 3.05) is 20.1 Å². The fourth-order valence-corrected chi connectivity index (χ4v) is 5.08. The standard InChI is InChI=1S/C17H24N2O2S/c1-3-19-14-7-4-9-17(14,10-8-15(19)20)12-18(2)16(21)13-6-5-11-22-13/h5-6,11,14H,3-4,7-10,12H2,1-2H3/t14-,17+/m1/s1. The van der Waals surface area contributed by atoms with Gasteiger partial charge in [0.15, 0.2) is 0 Å². The maximum absolute atomic E-state index is 12.5. The van der Waals surface area contributed by atoms with Gasteiger partial charge in [0.05, 0.1) is 4.88 Å². The molecule has 1 aliphatic heterocycles. The number of carbonyl (C=O) groups is 2. The van der Waals surface area contributed by atoms with Crippen LogP contribution in [0.3, 0.4) is 0 Å². The molecular weight excluding hydrogens is 296 g/mol. The van der Waals surface area contributed by atoms with E-state index in [1.165, 1.54) is 11.3 Å². The van der Waals surface area contributed by atoms with Crippen LogP contribution < -0.4 is 0 Å². The SMILES string of the molecule is CCN1C(=O)CC[C@]2(CN(C)C(=O)c3cccs3)CCC[C@@H]12. The number of amides is 2. The number of nitrogens with zero attached hydrogens (tertiary/aromatic N) is 2. The van der Waals surface area contributed by atoms with Crippen molar-refractivity contribution in [1.82, 2.24) is 9.80 Å². The molecule has 2 amide bonds. The molecular formula is C17H24N2O2S. The van der Waals surface area contributed by atoms with Crippen LogP contribution in [0, 0.1) is 5.41 Å². The molecule has 1 aromatic heterocycles. The number of rotatable bonds is 4. The number of likely N-dealkylation sites (tertiary alicyclic amines) is 1. The van der Waals surface area contributed by atoms with Gasteiger partial charge in [-0.3, -0.25) is 9.59 Å². The van der Waals surface area contributed by atoms with E-state index >= 15 is 0 Å². The molecule has 0 bridgehead atoms. The Balaban J connectivity index is 1.77. The number of thiophene rings is 1. The van der Waals surface area contributed by atoms with Crippen molar-refractivity contribution in [3.63, 3.8) is 0 Å². The highest BCUT2D eigenvalue weighted by Crippen LogP contribution is 2.48. The molecule has 3 rings (SSSR count). The summed E-state index contributed by atoms with van der Waals surface area (Å²) in [5, 5.41) is 1.94. The van der Waals surface area contributed by atoms with Crippen molar-refractivity contribution >= 4 is 23.2 Å². The summed E-state index contributed by atoms with van der Waals surface area (Å²) in [4.78, 5) is 29.4. The molecule has 2 fully saturated rings. The molecule has 2 aliphatic rings. The van der Waals surface area contributed by atoms with E-state index in [1.807, 2.05) is 29.5 Å². The van der Waals surface area contributed by atoms with Crippen LogP contribution in [0.5, 0.6) is 0 Å². The second kappa shape index (κ2) is 6.03. The highest BCUT2D eigenvalue weighted by Gasteiger charge is 2.50. The molecule has 0 spiro atoms. The lowest BCUT2D eigenvalue weighted by molar-refractivity contribution is -0.141. The lowest BCUT2D eigenvalue weighted by Gasteiger charge is -2.47. The Morgan fingerprint density at radius 1 is 1.50 bits per heavy atom. The molecule has 5 heteroatoms. The van der Waals surface area contributed by atoms with Gasteiger partial charge in [-0.25, -0.2) is 0 Å². The molecule has 1 aromatic rings. The molecule has 2 heterocycles. The van der Waals surface area contributed by atoms with Gasteiger partial charge in [0, 0.05) is 38.0 Å². The van der Waals surface area contributed by atoms with Crippen LogP contribution in [0.15, 0.2) is 17.5 Å². The Hall–Kier alpha value is -1.36. The predicted octanol–water partition coefficient (Wildman–Crippen LogP) is 3.00. The van der Waals surface area contributed by atoms with Gasteiger partial charge in [0.2, 0.25) is 5.91 Å². The van der Waals surface area contributed by atoms with Crippen molar-refractivity contribution in [3.05, 3.63) is 22.4 Å². The minimum Gasteiger partial charge on any atom is -0.340 e. The van der Waals surface area contributed by atoms with Crippen molar-refractivity contribution in [2.45, 2.75) is 45.1 Å². The van der Waals surface area contributed by atoms with Crippen molar-refractivity contribution < 1.29 is 9.59 Å². The molecule has 22 heavy (non-hydrogen) atoms. The first-order valence-electron chi connectivity index (χ1n) is 8.16. The lowest BCUT2D eigenvalue weighted by atomic mass is 9.74. The van der Waals surface area contributed by atoms with E-state index < -0.39 is 0 Å². The summed E-state index contributed by atoms with van der Waals surface area (Å²) in [6, 6.07) is 4.12. The smallest absolute Gasteiger partial charge is 0.263 e. The van der Waals surface area contributed by atoms with E-state index in [0.717, 1.165) is 43.6 Å². The van der Waals surface area contributed by atoms with E-state index in [-0.39, 0.29) is 17.2 Å². The molecule has 120 valence electrons. The van der Waals surface area contributed by atoms with Gasteiger partial charge in [0.25, 0.3) is 5.91 Å². The topological polar surface area (TPSA) is 40.6 Å². The first-order valence-corrected chi connectivity index (χ1v) is 9.04. The largest absolute Gasteiger partial charge is 0.340 e. The molecule has 1 saturated heterocycles. The van der Waals surface area contributed by atoms with E-state index in [9.17, 15) is 9.59 Å². The molecule has 2 atom stereocenters. The Bertz CT molecular complexity index is 557. The van der Waals surface area contributed by atoms with Gasteiger partial charge in [0.1, 0.15) is 0 Å². The Morgan fingerprint density at radius 3 is 3.00 bits per heavy atom. The zero-order chi connectivity index (χ0) is 15.7. The second-order valence-corrected chi connectivity index (χ2v) is 7.54. The summed E-state index contributed by atoms with van der Waals surface area (Å²) in [5.41, 5.74) is 0.103. The third-order valence-corrected chi connectivity index (χ3v) is 6.22. The highest BCUT2D eigenvalue weighted by molar-refractivity contribution is 7.12. The van der Waals surface area contributed by atoms with Gasteiger partial charge in [-0.2, -0.15) is 0 Å². The van der Waals surface area contributed by atoms with Crippen molar-refractivity contribution in [1.29, 1.82) is 0 Å². The van der Waals surface area contributed by atoms with Gasteiger partial charge in [-0.1, -0.05) is 12.5 Å². The molecule has 1 saturated carbocycles. The Labute approximate surface area is 136 Å². The van der Waals surface area contributed by atoms with E-state index in [4.69, 9.17) is 0 Å².